The number of carboxylic acid groups (broad SMARTS) is 1. The zero-order valence-electron chi connectivity index (χ0n) is 18.5. The molecule has 1 aliphatic carbocycles. The molecule has 0 atom stereocenters. The number of aliphatic carboxylic acids is 1. The predicted molar refractivity (Wildman–Crippen MR) is 120 cm³/mol. The van der Waals surface area contributed by atoms with Gasteiger partial charge in [0.05, 0.1) is 5.56 Å². The number of carbonyl (C=O) groups is 2. The van der Waals surface area contributed by atoms with Gasteiger partial charge in [0.2, 0.25) is 0 Å². The molecule has 0 unspecified atom stereocenters. The van der Waals surface area contributed by atoms with Crippen LogP contribution in [0.3, 0.4) is 0 Å². The number of benzene rings is 2. The highest BCUT2D eigenvalue weighted by atomic mass is 19.4. The van der Waals surface area contributed by atoms with E-state index in [0.29, 0.717) is 11.6 Å². The van der Waals surface area contributed by atoms with Gasteiger partial charge in [-0.05, 0) is 73.4 Å². The van der Waals surface area contributed by atoms with E-state index >= 15 is 0 Å². The number of alkyl halides is 3. The van der Waals surface area contributed by atoms with E-state index < -0.39 is 23.6 Å². The van der Waals surface area contributed by atoms with Crippen LogP contribution in [0.2, 0.25) is 0 Å². The van der Waals surface area contributed by atoms with Crippen molar-refractivity contribution < 1.29 is 32.3 Å². The van der Waals surface area contributed by atoms with Gasteiger partial charge in [-0.3, -0.25) is 9.59 Å². The maximum atomic E-state index is 12.9. The number of halogens is 3. The lowest BCUT2D eigenvalue weighted by Gasteiger charge is -2.28. The van der Waals surface area contributed by atoms with Crippen LogP contribution in [0, 0.1) is 5.92 Å². The highest BCUT2D eigenvalue weighted by Gasteiger charge is 2.30. The molecule has 0 radical (unpaired) electrons. The van der Waals surface area contributed by atoms with Gasteiger partial charge in [0.1, 0.15) is 0 Å². The van der Waals surface area contributed by atoms with Gasteiger partial charge in [-0.25, -0.2) is 0 Å². The molecular weight excluding hydrogens is 465 g/mol. The van der Waals surface area contributed by atoms with Crippen LogP contribution < -0.4 is 10.6 Å². The highest BCUT2D eigenvalue weighted by Crippen LogP contribution is 2.37. The molecule has 35 heavy (non-hydrogen) atoms. The Kier molecular flexibility index (Phi) is 7.04. The third-order valence-corrected chi connectivity index (χ3v) is 6.01. The molecule has 1 amide bonds. The summed E-state index contributed by atoms with van der Waals surface area (Å²) in [5.41, 5.74) is 0.894. The van der Waals surface area contributed by atoms with Crippen LogP contribution in [0.4, 0.5) is 30.6 Å². The summed E-state index contributed by atoms with van der Waals surface area (Å²) in [6.07, 6.45) is -0.676. The van der Waals surface area contributed by atoms with Crippen LogP contribution in [0.25, 0.3) is 0 Å². The van der Waals surface area contributed by atoms with Crippen molar-refractivity contribution in [3.8, 4) is 0 Å². The zero-order valence-corrected chi connectivity index (χ0v) is 18.5. The molecule has 8 nitrogen and oxygen atoms in total. The van der Waals surface area contributed by atoms with Gasteiger partial charge in [-0.1, -0.05) is 23.3 Å². The molecular formula is C24H23F3N4O4. The number of carboxylic acids is 1. The summed E-state index contributed by atoms with van der Waals surface area (Å²) in [5, 5.41) is 21.5. The standard InChI is InChI=1S/C24H23F3N4O4/c25-24(26,27)17-2-1-3-19(13-17)29-23-31-30-22(35-23)21(34)28-18-10-8-16(9-11-18)15-6-4-14(5-7-15)12-20(32)33/h1-3,8-11,13-15H,4-7,12H2,(H,28,34)(H,29,31)(H,32,33)/t14-,15-. The maximum Gasteiger partial charge on any atom is 0.416 e. The van der Waals surface area contributed by atoms with Gasteiger partial charge in [0, 0.05) is 17.8 Å². The van der Waals surface area contributed by atoms with E-state index in [-0.39, 0.29) is 29.9 Å². The second-order valence-electron chi connectivity index (χ2n) is 8.51. The van der Waals surface area contributed by atoms with Gasteiger partial charge in [-0.2, -0.15) is 13.2 Å². The summed E-state index contributed by atoms with van der Waals surface area (Å²) in [6, 6.07) is 11.6. The first kappa shape index (κ1) is 24.2. The molecule has 3 N–H and O–H groups in total. The molecule has 1 saturated carbocycles. The number of hydrogen-bond acceptors (Lipinski definition) is 6. The smallest absolute Gasteiger partial charge is 0.416 e. The molecule has 0 saturated heterocycles. The molecule has 0 spiro atoms. The van der Waals surface area contributed by atoms with Crippen molar-refractivity contribution in [1.29, 1.82) is 0 Å². The summed E-state index contributed by atoms with van der Waals surface area (Å²) >= 11 is 0. The first-order valence-electron chi connectivity index (χ1n) is 11.1. The van der Waals surface area contributed by atoms with Gasteiger partial charge in [0.25, 0.3) is 0 Å². The van der Waals surface area contributed by atoms with Crippen LogP contribution in [-0.2, 0) is 11.0 Å². The summed E-state index contributed by atoms with van der Waals surface area (Å²) in [6.45, 7) is 0. The largest absolute Gasteiger partial charge is 0.481 e. The van der Waals surface area contributed by atoms with Crippen molar-refractivity contribution in [2.75, 3.05) is 10.6 Å². The highest BCUT2D eigenvalue weighted by molar-refractivity contribution is 6.00. The molecule has 2 aromatic carbocycles. The molecule has 1 aromatic heterocycles. The van der Waals surface area contributed by atoms with E-state index in [9.17, 15) is 22.8 Å². The average Bonchev–Trinajstić information content (AvgIpc) is 3.28. The minimum atomic E-state index is -4.49. The van der Waals surface area contributed by atoms with Gasteiger partial charge in [-0.15, -0.1) is 5.10 Å². The number of amides is 1. The lowest BCUT2D eigenvalue weighted by molar-refractivity contribution is -0.139. The molecule has 1 heterocycles. The molecule has 0 aliphatic heterocycles. The molecule has 4 rings (SSSR count). The topological polar surface area (TPSA) is 117 Å². The van der Waals surface area contributed by atoms with Crippen LogP contribution in [-0.4, -0.2) is 27.2 Å². The van der Waals surface area contributed by atoms with Crippen molar-refractivity contribution in [2.24, 2.45) is 5.92 Å². The second kappa shape index (κ2) is 10.2. The van der Waals surface area contributed by atoms with Crippen LogP contribution >= 0.6 is 0 Å². The fraction of sp³-hybridized carbons (Fsp3) is 0.333. The van der Waals surface area contributed by atoms with Crippen LogP contribution in [0.1, 0.15) is 59.8 Å². The summed E-state index contributed by atoms with van der Waals surface area (Å²) in [5.74, 6) is -1.18. The number of rotatable bonds is 7. The van der Waals surface area contributed by atoms with Gasteiger partial charge in [0.15, 0.2) is 0 Å². The zero-order chi connectivity index (χ0) is 25.0. The Labute approximate surface area is 198 Å². The third-order valence-electron chi connectivity index (χ3n) is 6.01. The minimum Gasteiger partial charge on any atom is -0.481 e. The first-order valence-corrected chi connectivity index (χ1v) is 11.1. The predicted octanol–water partition coefficient (Wildman–Crippen LogP) is 5.83. The molecule has 3 aromatic rings. The lowest BCUT2D eigenvalue weighted by atomic mass is 9.77. The Hall–Kier alpha value is -3.89. The van der Waals surface area contributed by atoms with Gasteiger partial charge >= 0.3 is 30.0 Å². The van der Waals surface area contributed by atoms with Gasteiger partial charge < -0.3 is 20.2 Å². The van der Waals surface area contributed by atoms with Crippen molar-refractivity contribution in [3.63, 3.8) is 0 Å². The SMILES string of the molecule is O=C(O)C[C@H]1CC[C@H](c2ccc(NC(=O)c3nnc(Nc4cccc(C(F)(F)F)c4)o3)cc2)CC1. The van der Waals surface area contributed by atoms with E-state index in [4.69, 9.17) is 9.52 Å². The molecule has 1 aliphatic rings. The second-order valence-corrected chi connectivity index (χ2v) is 8.51. The molecule has 184 valence electrons. The Morgan fingerprint density at radius 1 is 1.00 bits per heavy atom. The van der Waals surface area contributed by atoms with Crippen molar-refractivity contribution in [2.45, 2.75) is 44.2 Å². The van der Waals surface area contributed by atoms with E-state index in [2.05, 4.69) is 20.8 Å². The third kappa shape index (κ3) is 6.37. The summed E-state index contributed by atoms with van der Waals surface area (Å²) in [7, 11) is 0. The van der Waals surface area contributed by atoms with Crippen LogP contribution in [0.5, 0.6) is 0 Å². The van der Waals surface area contributed by atoms with Crippen LogP contribution in [0.15, 0.2) is 52.9 Å². The number of anilines is 3. The number of hydrogen-bond donors (Lipinski definition) is 3. The van der Waals surface area contributed by atoms with E-state index in [1.54, 1.807) is 12.1 Å². The number of aromatic nitrogens is 2. The minimum absolute atomic E-state index is 0.0861. The first-order chi connectivity index (χ1) is 16.7. The quantitative estimate of drug-likeness (QED) is 0.383. The molecule has 1 fully saturated rings. The fourth-order valence-corrected chi connectivity index (χ4v) is 4.23. The Morgan fingerprint density at radius 2 is 1.71 bits per heavy atom. The molecule has 0 bridgehead atoms. The number of carbonyl (C=O) groups excluding carboxylic acids is 1. The normalized spacial score (nSPS) is 18.1. The van der Waals surface area contributed by atoms with E-state index in [1.165, 1.54) is 12.1 Å². The lowest BCUT2D eigenvalue weighted by Crippen LogP contribution is -2.16. The Balaban J connectivity index is 1.32. The monoisotopic (exact) mass is 488 g/mol. The Bertz CT molecular complexity index is 1190. The van der Waals surface area contributed by atoms with Crippen molar-refractivity contribution in [3.05, 3.63) is 65.5 Å². The van der Waals surface area contributed by atoms with E-state index in [0.717, 1.165) is 43.4 Å². The molecule has 11 heteroatoms. The number of nitrogens with one attached hydrogen (secondary N) is 2. The van der Waals surface area contributed by atoms with Crippen molar-refractivity contribution >= 4 is 29.3 Å². The maximum absolute atomic E-state index is 12.9. The summed E-state index contributed by atoms with van der Waals surface area (Å²) < 4.78 is 43.8. The number of nitrogens with zero attached hydrogens (tertiary/aromatic N) is 2. The Morgan fingerprint density at radius 3 is 2.37 bits per heavy atom. The summed E-state index contributed by atoms with van der Waals surface area (Å²) in [4.78, 5) is 23.3. The average molecular weight is 488 g/mol. The van der Waals surface area contributed by atoms with Crippen molar-refractivity contribution in [1.82, 2.24) is 10.2 Å². The van der Waals surface area contributed by atoms with E-state index in [1.807, 2.05) is 12.1 Å². The fourth-order valence-electron chi connectivity index (χ4n) is 4.23.